The SMILES string of the molecule is O=C(C=Cc1ccc(O)cc1)Nc1ccc(SC2CCCCC2)cc1. The van der Waals surface area contributed by atoms with Crippen molar-refractivity contribution in [2.24, 2.45) is 0 Å². The lowest BCUT2D eigenvalue weighted by atomic mass is 10.0. The molecule has 0 bridgehead atoms. The molecule has 0 aromatic heterocycles. The Hall–Kier alpha value is -2.20. The molecule has 0 atom stereocenters. The van der Waals surface area contributed by atoms with Crippen LogP contribution in [0, 0.1) is 0 Å². The van der Waals surface area contributed by atoms with Crippen molar-refractivity contribution in [3.63, 3.8) is 0 Å². The second-order valence-electron chi connectivity index (χ2n) is 6.32. The molecule has 1 aliphatic rings. The maximum Gasteiger partial charge on any atom is 0.248 e. The second kappa shape index (κ2) is 8.77. The molecule has 1 saturated carbocycles. The Bertz CT molecular complexity index is 717. The number of benzene rings is 2. The van der Waals surface area contributed by atoms with Crippen molar-refractivity contribution >= 4 is 29.4 Å². The first-order chi connectivity index (χ1) is 12.2. The van der Waals surface area contributed by atoms with Crippen LogP contribution >= 0.6 is 11.8 Å². The molecule has 25 heavy (non-hydrogen) atoms. The topological polar surface area (TPSA) is 49.3 Å². The molecule has 3 rings (SSSR count). The summed E-state index contributed by atoms with van der Waals surface area (Å²) < 4.78 is 0. The summed E-state index contributed by atoms with van der Waals surface area (Å²) in [6.45, 7) is 0. The molecular weight excluding hydrogens is 330 g/mol. The van der Waals surface area contributed by atoms with E-state index in [1.54, 1.807) is 30.3 Å². The van der Waals surface area contributed by atoms with Crippen molar-refractivity contribution in [3.8, 4) is 5.75 Å². The normalized spacial score (nSPS) is 15.4. The van der Waals surface area contributed by atoms with E-state index in [4.69, 9.17) is 0 Å². The number of hydrogen-bond acceptors (Lipinski definition) is 3. The van der Waals surface area contributed by atoms with E-state index >= 15 is 0 Å². The largest absolute Gasteiger partial charge is 0.508 e. The third-order valence-corrected chi connectivity index (χ3v) is 5.65. The van der Waals surface area contributed by atoms with E-state index in [9.17, 15) is 9.90 Å². The fraction of sp³-hybridized carbons (Fsp3) is 0.286. The minimum atomic E-state index is -0.166. The number of thioether (sulfide) groups is 1. The van der Waals surface area contributed by atoms with Gasteiger partial charge in [0, 0.05) is 21.9 Å². The smallest absolute Gasteiger partial charge is 0.248 e. The van der Waals surface area contributed by atoms with Crippen molar-refractivity contribution < 1.29 is 9.90 Å². The number of phenolic OH excluding ortho intramolecular Hbond substituents is 1. The van der Waals surface area contributed by atoms with Gasteiger partial charge in [-0.25, -0.2) is 0 Å². The summed E-state index contributed by atoms with van der Waals surface area (Å²) in [6.07, 6.45) is 9.91. The molecule has 0 unspecified atom stereocenters. The van der Waals surface area contributed by atoms with Gasteiger partial charge in [-0.3, -0.25) is 4.79 Å². The molecule has 1 aliphatic carbocycles. The monoisotopic (exact) mass is 353 g/mol. The quantitative estimate of drug-likeness (QED) is 0.701. The molecule has 2 aromatic carbocycles. The van der Waals surface area contributed by atoms with E-state index in [0.717, 1.165) is 16.5 Å². The Morgan fingerprint density at radius 1 is 1.00 bits per heavy atom. The number of amides is 1. The third-order valence-electron chi connectivity index (χ3n) is 4.30. The average Bonchev–Trinajstić information content (AvgIpc) is 2.64. The lowest BCUT2D eigenvalue weighted by molar-refractivity contribution is -0.111. The first-order valence-electron chi connectivity index (χ1n) is 8.74. The van der Waals surface area contributed by atoms with Gasteiger partial charge < -0.3 is 10.4 Å². The molecule has 0 spiro atoms. The number of hydrogen-bond donors (Lipinski definition) is 2. The van der Waals surface area contributed by atoms with E-state index < -0.39 is 0 Å². The average molecular weight is 353 g/mol. The van der Waals surface area contributed by atoms with Crippen LogP contribution in [0.5, 0.6) is 5.75 Å². The van der Waals surface area contributed by atoms with Crippen LogP contribution in [0.25, 0.3) is 6.08 Å². The molecule has 2 aromatic rings. The minimum absolute atomic E-state index is 0.166. The molecule has 1 amide bonds. The lowest BCUT2D eigenvalue weighted by Crippen LogP contribution is -2.08. The highest BCUT2D eigenvalue weighted by Gasteiger charge is 2.14. The number of carbonyl (C=O) groups excluding carboxylic acids is 1. The molecule has 0 aliphatic heterocycles. The van der Waals surface area contributed by atoms with Crippen LogP contribution in [0.4, 0.5) is 5.69 Å². The van der Waals surface area contributed by atoms with Gasteiger partial charge in [-0.1, -0.05) is 31.4 Å². The summed E-state index contributed by atoms with van der Waals surface area (Å²) in [5, 5.41) is 12.9. The number of rotatable bonds is 5. The van der Waals surface area contributed by atoms with Gasteiger partial charge >= 0.3 is 0 Å². The van der Waals surface area contributed by atoms with Crippen molar-refractivity contribution in [2.75, 3.05) is 5.32 Å². The summed E-state index contributed by atoms with van der Waals surface area (Å²) in [7, 11) is 0. The predicted molar refractivity (Wildman–Crippen MR) is 105 cm³/mol. The van der Waals surface area contributed by atoms with Crippen molar-refractivity contribution in [1.82, 2.24) is 0 Å². The van der Waals surface area contributed by atoms with Crippen LogP contribution in [0.3, 0.4) is 0 Å². The fourth-order valence-corrected chi connectivity index (χ4v) is 4.18. The molecule has 130 valence electrons. The molecule has 1 fully saturated rings. The van der Waals surface area contributed by atoms with Crippen LogP contribution in [-0.2, 0) is 4.79 Å². The van der Waals surface area contributed by atoms with Gasteiger partial charge in [-0.05, 0) is 60.9 Å². The fourth-order valence-electron chi connectivity index (χ4n) is 2.93. The maximum absolute atomic E-state index is 12.0. The van der Waals surface area contributed by atoms with Gasteiger partial charge in [0.25, 0.3) is 0 Å². The van der Waals surface area contributed by atoms with Gasteiger partial charge in [0.05, 0.1) is 0 Å². The summed E-state index contributed by atoms with van der Waals surface area (Å²) in [6, 6.07) is 14.8. The van der Waals surface area contributed by atoms with E-state index in [1.807, 2.05) is 23.9 Å². The molecule has 0 radical (unpaired) electrons. The summed E-state index contributed by atoms with van der Waals surface area (Å²) >= 11 is 1.95. The Morgan fingerprint density at radius 3 is 2.36 bits per heavy atom. The Balaban J connectivity index is 1.51. The number of phenols is 1. The zero-order valence-electron chi connectivity index (χ0n) is 14.2. The zero-order chi connectivity index (χ0) is 17.5. The number of carbonyl (C=O) groups is 1. The van der Waals surface area contributed by atoms with Gasteiger partial charge in [-0.2, -0.15) is 0 Å². The van der Waals surface area contributed by atoms with Gasteiger partial charge in [0.15, 0.2) is 0 Å². The summed E-state index contributed by atoms with van der Waals surface area (Å²) in [5.41, 5.74) is 1.67. The van der Waals surface area contributed by atoms with Crippen molar-refractivity contribution in [1.29, 1.82) is 0 Å². The Labute approximate surface area is 153 Å². The van der Waals surface area contributed by atoms with Crippen LogP contribution < -0.4 is 5.32 Å². The molecular formula is C21H23NO2S. The second-order valence-corrected chi connectivity index (χ2v) is 7.69. The minimum Gasteiger partial charge on any atom is -0.508 e. The van der Waals surface area contributed by atoms with Crippen LogP contribution in [0.2, 0.25) is 0 Å². The first kappa shape index (κ1) is 17.6. The first-order valence-corrected chi connectivity index (χ1v) is 9.62. The Morgan fingerprint density at radius 2 is 1.68 bits per heavy atom. The van der Waals surface area contributed by atoms with Gasteiger partial charge in [0.2, 0.25) is 5.91 Å². The Kier molecular flexibility index (Phi) is 6.18. The van der Waals surface area contributed by atoms with E-state index in [-0.39, 0.29) is 11.7 Å². The lowest BCUT2D eigenvalue weighted by Gasteiger charge is -2.20. The van der Waals surface area contributed by atoms with Crippen LogP contribution in [0.1, 0.15) is 37.7 Å². The molecule has 0 saturated heterocycles. The van der Waals surface area contributed by atoms with E-state index in [1.165, 1.54) is 43.1 Å². The molecule has 2 N–H and O–H groups in total. The predicted octanol–water partition coefficient (Wildman–Crippen LogP) is 5.47. The maximum atomic E-state index is 12.0. The number of nitrogens with one attached hydrogen (secondary N) is 1. The number of anilines is 1. The highest BCUT2D eigenvalue weighted by atomic mass is 32.2. The van der Waals surface area contributed by atoms with Crippen LogP contribution in [0.15, 0.2) is 59.5 Å². The molecule has 0 heterocycles. The van der Waals surface area contributed by atoms with Crippen molar-refractivity contribution in [3.05, 3.63) is 60.2 Å². The van der Waals surface area contributed by atoms with Crippen LogP contribution in [-0.4, -0.2) is 16.3 Å². The summed E-state index contributed by atoms with van der Waals surface area (Å²) in [4.78, 5) is 13.3. The standard InChI is InChI=1S/C21H23NO2S/c23-18-11-6-16(7-12-18)8-15-21(24)22-17-9-13-20(14-10-17)25-19-4-2-1-3-5-19/h6-15,19,23H,1-5H2,(H,22,24). The van der Waals surface area contributed by atoms with Crippen molar-refractivity contribution in [2.45, 2.75) is 42.2 Å². The van der Waals surface area contributed by atoms with E-state index in [2.05, 4.69) is 17.4 Å². The molecule has 4 heteroatoms. The van der Waals surface area contributed by atoms with E-state index in [0.29, 0.717) is 0 Å². The summed E-state index contributed by atoms with van der Waals surface area (Å²) in [5.74, 6) is 0.0496. The third kappa shape index (κ3) is 5.68. The highest BCUT2D eigenvalue weighted by Crippen LogP contribution is 2.33. The number of aromatic hydroxyl groups is 1. The molecule has 3 nitrogen and oxygen atoms in total. The van der Waals surface area contributed by atoms with Gasteiger partial charge in [-0.15, -0.1) is 11.8 Å². The zero-order valence-corrected chi connectivity index (χ0v) is 15.0. The highest BCUT2D eigenvalue weighted by molar-refractivity contribution is 8.00. The van der Waals surface area contributed by atoms with Gasteiger partial charge in [0.1, 0.15) is 5.75 Å².